The van der Waals surface area contributed by atoms with Crippen LogP contribution in [0.15, 0.2) is 4.90 Å². The van der Waals surface area contributed by atoms with Gasteiger partial charge in [0, 0.05) is 19.0 Å². The van der Waals surface area contributed by atoms with Crippen molar-refractivity contribution in [2.24, 2.45) is 0 Å². The van der Waals surface area contributed by atoms with Crippen molar-refractivity contribution in [3.8, 4) is 0 Å². The minimum atomic E-state index is -3.76. The fourth-order valence-corrected chi connectivity index (χ4v) is 4.38. The summed E-state index contributed by atoms with van der Waals surface area (Å²) in [5.74, 6) is 0.971. The highest BCUT2D eigenvalue weighted by molar-refractivity contribution is 7.92. The molecular formula is C14H22N6O2S. The standard InChI is InChI=1S/C14H22N6O2S/c1-9(2)20-11(4)13(10(3)16-20)23(21,22)18-14-15-12-7-5-6-8-19(12)17-14/h9H,5-8H2,1-4H3,(H,17,18). The molecule has 0 saturated carbocycles. The SMILES string of the molecule is Cc1nn(C(C)C)c(C)c1S(=O)(=O)Nc1nc2n(n1)CCCC2. The van der Waals surface area contributed by atoms with Gasteiger partial charge in [0.15, 0.2) is 0 Å². The summed E-state index contributed by atoms with van der Waals surface area (Å²) in [6, 6.07) is 0.0932. The highest BCUT2D eigenvalue weighted by Gasteiger charge is 2.27. The first-order valence-corrected chi connectivity index (χ1v) is 9.30. The lowest BCUT2D eigenvalue weighted by molar-refractivity contribution is 0.480. The van der Waals surface area contributed by atoms with Gasteiger partial charge in [-0.3, -0.25) is 4.68 Å². The van der Waals surface area contributed by atoms with Crippen LogP contribution in [0.25, 0.3) is 0 Å². The quantitative estimate of drug-likeness (QED) is 0.917. The van der Waals surface area contributed by atoms with Gasteiger partial charge in [0.1, 0.15) is 10.7 Å². The van der Waals surface area contributed by atoms with E-state index >= 15 is 0 Å². The Kier molecular flexibility index (Phi) is 3.91. The number of nitrogens with one attached hydrogen (secondary N) is 1. The highest BCUT2D eigenvalue weighted by Crippen LogP contribution is 2.24. The molecule has 0 bridgehead atoms. The number of hydrogen-bond donors (Lipinski definition) is 1. The third-order valence-electron chi connectivity index (χ3n) is 4.01. The molecular weight excluding hydrogens is 316 g/mol. The first-order chi connectivity index (χ1) is 10.8. The van der Waals surface area contributed by atoms with Gasteiger partial charge in [-0.2, -0.15) is 10.1 Å². The van der Waals surface area contributed by atoms with Crippen molar-refractivity contribution in [2.45, 2.75) is 64.4 Å². The molecule has 126 valence electrons. The number of nitrogens with zero attached hydrogens (tertiary/aromatic N) is 5. The van der Waals surface area contributed by atoms with Gasteiger partial charge in [-0.1, -0.05) is 0 Å². The Bertz CT molecular complexity index is 810. The van der Waals surface area contributed by atoms with Crippen LogP contribution < -0.4 is 4.72 Å². The molecule has 3 rings (SSSR count). The summed E-state index contributed by atoms with van der Waals surface area (Å²) in [6.07, 6.45) is 2.93. The Hall–Kier alpha value is -1.90. The number of rotatable bonds is 4. The summed E-state index contributed by atoms with van der Waals surface area (Å²) in [7, 11) is -3.76. The molecule has 0 amide bonds. The maximum absolute atomic E-state index is 12.7. The van der Waals surface area contributed by atoms with E-state index in [1.807, 2.05) is 13.8 Å². The molecule has 0 aliphatic carbocycles. The second-order valence-electron chi connectivity index (χ2n) is 6.18. The summed E-state index contributed by atoms with van der Waals surface area (Å²) in [6.45, 7) is 8.18. The van der Waals surface area contributed by atoms with Crippen molar-refractivity contribution in [2.75, 3.05) is 4.72 Å². The van der Waals surface area contributed by atoms with Gasteiger partial charge in [-0.15, -0.1) is 5.10 Å². The van der Waals surface area contributed by atoms with Crippen LogP contribution >= 0.6 is 0 Å². The van der Waals surface area contributed by atoms with E-state index in [-0.39, 0.29) is 16.9 Å². The molecule has 0 aromatic carbocycles. The molecule has 1 N–H and O–H groups in total. The summed E-state index contributed by atoms with van der Waals surface area (Å²) in [4.78, 5) is 4.50. The van der Waals surface area contributed by atoms with E-state index in [0.717, 1.165) is 31.6 Å². The molecule has 0 radical (unpaired) electrons. The van der Waals surface area contributed by atoms with Crippen LogP contribution in [0.5, 0.6) is 0 Å². The van der Waals surface area contributed by atoms with Crippen LogP contribution in [-0.2, 0) is 23.0 Å². The van der Waals surface area contributed by atoms with Gasteiger partial charge >= 0.3 is 0 Å². The Morgan fingerprint density at radius 1 is 1.17 bits per heavy atom. The molecule has 0 fully saturated rings. The fraction of sp³-hybridized carbons (Fsp3) is 0.643. The Balaban J connectivity index is 1.95. The second kappa shape index (κ2) is 5.63. The molecule has 1 aliphatic rings. The Morgan fingerprint density at radius 2 is 1.91 bits per heavy atom. The number of anilines is 1. The highest BCUT2D eigenvalue weighted by atomic mass is 32.2. The van der Waals surface area contributed by atoms with Gasteiger partial charge in [0.25, 0.3) is 16.0 Å². The molecule has 1 aliphatic heterocycles. The van der Waals surface area contributed by atoms with Crippen molar-refractivity contribution in [3.05, 3.63) is 17.2 Å². The van der Waals surface area contributed by atoms with Crippen LogP contribution in [0.1, 0.15) is 49.9 Å². The molecule has 23 heavy (non-hydrogen) atoms. The van der Waals surface area contributed by atoms with Crippen LogP contribution in [0.2, 0.25) is 0 Å². The molecule has 2 aromatic rings. The number of hydrogen-bond acceptors (Lipinski definition) is 5. The van der Waals surface area contributed by atoms with Gasteiger partial charge in [0.05, 0.1) is 11.4 Å². The van der Waals surface area contributed by atoms with E-state index in [2.05, 4.69) is 19.9 Å². The van der Waals surface area contributed by atoms with Crippen molar-refractivity contribution in [1.82, 2.24) is 24.5 Å². The normalized spacial score (nSPS) is 15.0. The first kappa shape index (κ1) is 16.0. The number of sulfonamides is 1. The summed E-state index contributed by atoms with van der Waals surface area (Å²) >= 11 is 0. The Labute approximate surface area is 136 Å². The topological polar surface area (TPSA) is 94.7 Å². The van der Waals surface area contributed by atoms with E-state index in [1.165, 1.54) is 0 Å². The molecule has 0 saturated heterocycles. The molecule has 0 unspecified atom stereocenters. The number of fused-ring (bicyclic) bond motifs is 1. The first-order valence-electron chi connectivity index (χ1n) is 7.82. The van der Waals surface area contributed by atoms with Crippen LogP contribution in [0.3, 0.4) is 0 Å². The minimum Gasteiger partial charge on any atom is -0.266 e. The van der Waals surface area contributed by atoms with Gasteiger partial charge in [0.2, 0.25) is 0 Å². The van der Waals surface area contributed by atoms with E-state index in [4.69, 9.17) is 0 Å². The zero-order valence-electron chi connectivity index (χ0n) is 13.9. The molecule has 0 spiro atoms. The van der Waals surface area contributed by atoms with Crippen LogP contribution in [0.4, 0.5) is 5.95 Å². The van der Waals surface area contributed by atoms with E-state index in [9.17, 15) is 8.42 Å². The summed E-state index contributed by atoms with van der Waals surface area (Å²) in [5.41, 5.74) is 1.10. The lowest BCUT2D eigenvalue weighted by Gasteiger charge is -2.09. The molecule has 0 atom stereocenters. The van der Waals surface area contributed by atoms with E-state index < -0.39 is 10.0 Å². The van der Waals surface area contributed by atoms with Crippen molar-refractivity contribution >= 4 is 16.0 Å². The van der Waals surface area contributed by atoms with E-state index in [1.54, 1.807) is 23.2 Å². The molecule has 3 heterocycles. The predicted octanol–water partition coefficient (Wildman–Crippen LogP) is 1.81. The maximum Gasteiger partial charge on any atom is 0.267 e. The monoisotopic (exact) mass is 338 g/mol. The lowest BCUT2D eigenvalue weighted by Crippen LogP contribution is -2.16. The zero-order chi connectivity index (χ0) is 16.8. The van der Waals surface area contributed by atoms with Crippen molar-refractivity contribution in [3.63, 3.8) is 0 Å². The number of aromatic nitrogens is 5. The molecule has 9 heteroatoms. The van der Waals surface area contributed by atoms with Crippen LogP contribution in [-0.4, -0.2) is 33.0 Å². The third kappa shape index (κ3) is 2.85. The predicted molar refractivity (Wildman–Crippen MR) is 85.9 cm³/mol. The van der Waals surface area contributed by atoms with Gasteiger partial charge < -0.3 is 0 Å². The maximum atomic E-state index is 12.7. The largest absolute Gasteiger partial charge is 0.267 e. The zero-order valence-corrected chi connectivity index (χ0v) is 14.7. The lowest BCUT2D eigenvalue weighted by atomic mass is 10.2. The fourth-order valence-electron chi connectivity index (χ4n) is 3.04. The van der Waals surface area contributed by atoms with Gasteiger partial charge in [-0.25, -0.2) is 17.8 Å². The van der Waals surface area contributed by atoms with Crippen molar-refractivity contribution in [1.29, 1.82) is 0 Å². The number of aryl methyl sites for hydroxylation is 3. The van der Waals surface area contributed by atoms with Crippen LogP contribution in [0, 0.1) is 13.8 Å². The van der Waals surface area contributed by atoms with E-state index in [0.29, 0.717) is 11.4 Å². The summed E-state index contributed by atoms with van der Waals surface area (Å²) in [5, 5.41) is 8.58. The average Bonchev–Trinajstić information content (AvgIpc) is 2.98. The third-order valence-corrected chi connectivity index (χ3v) is 5.59. The smallest absolute Gasteiger partial charge is 0.266 e. The van der Waals surface area contributed by atoms with Gasteiger partial charge in [-0.05, 0) is 40.5 Å². The Morgan fingerprint density at radius 3 is 2.52 bits per heavy atom. The minimum absolute atomic E-state index is 0.0932. The second-order valence-corrected chi connectivity index (χ2v) is 7.79. The average molecular weight is 338 g/mol. The molecule has 8 nitrogen and oxygen atoms in total. The molecule has 2 aromatic heterocycles. The van der Waals surface area contributed by atoms with Crippen molar-refractivity contribution < 1.29 is 8.42 Å². The summed E-state index contributed by atoms with van der Waals surface area (Å²) < 4.78 is 31.5.